The minimum atomic E-state index is -0.207. The number of ether oxygens (including phenoxy) is 1. The van der Waals surface area contributed by atoms with Crippen molar-refractivity contribution in [2.75, 3.05) is 19.7 Å². The van der Waals surface area contributed by atoms with Gasteiger partial charge in [-0.05, 0) is 73.7 Å². The van der Waals surface area contributed by atoms with Gasteiger partial charge in [0.1, 0.15) is 12.3 Å². The molecular formula is C33H30Cl2N2O5S2. The fraction of sp³-hybridized carbons (Fsp3) is 0.273. The van der Waals surface area contributed by atoms with E-state index in [1.807, 2.05) is 12.1 Å². The van der Waals surface area contributed by atoms with Crippen LogP contribution >= 0.6 is 45.9 Å². The van der Waals surface area contributed by atoms with Gasteiger partial charge < -0.3 is 15.2 Å². The van der Waals surface area contributed by atoms with Crippen molar-refractivity contribution < 1.29 is 24.2 Å². The lowest BCUT2D eigenvalue weighted by atomic mass is 10.0. The Morgan fingerprint density at radius 1 is 1.02 bits per heavy atom. The highest BCUT2D eigenvalue weighted by Gasteiger charge is 2.19. The summed E-state index contributed by atoms with van der Waals surface area (Å²) in [5.41, 5.74) is 3.32. The molecule has 3 heterocycles. The maximum atomic E-state index is 12.9. The summed E-state index contributed by atoms with van der Waals surface area (Å²) in [5.74, 6) is -0.330. The highest BCUT2D eigenvalue weighted by Crippen LogP contribution is 2.40. The predicted molar refractivity (Wildman–Crippen MR) is 178 cm³/mol. The molecule has 1 aliphatic rings. The number of amides is 1. The van der Waals surface area contributed by atoms with Crippen molar-refractivity contribution in [3.05, 3.63) is 96.5 Å². The first-order chi connectivity index (χ1) is 21.2. The molecule has 1 saturated heterocycles. The number of hydrogen-bond acceptors (Lipinski definition) is 8. The predicted octanol–water partition coefficient (Wildman–Crippen LogP) is 7.91. The maximum Gasteiger partial charge on any atom is 0.251 e. The van der Waals surface area contributed by atoms with Crippen LogP contribution in [-0.4, -0.2) is 54.1 Å². The third kappa shape index (κ3) is 7.83. The molecule has 1 fully saturated rings. The molecule has 0 saturated carbocycles. The van der Waals surface area contributed by atoms with Gasteiger partial charge in [0.25, 0.3) is 5.91 Å². The molecule has 1 amide bonds. The Bertz CT molecular complexity index is 1710. The first kappa shape index (κ1) is 32.1. The van der Waals surface area contributed by atoms with Crippen LogP contribution in [0, 0.1) is 0 Å². The highest BCUT2D eigenvalue weighted by atomic mass is 35.5. The van der Waals surface area contributed by atoms with E-state index in [0.29, 0.717) is 54.5 Å². The minimum Gasteiger partial charge on any atom is -0.506 e. The van der Waals surface area contributed by atoms with Gasteiger partial charge in [-0.3, -0.25) is 19.4 Å². The monoisotopic (exact) mass is 668 g/mol. The summed E-state index contributed by atoms with van der Waals surface area (Å²) in [7, 11) is 0. The average molecular weight is 670 g/mol. The Hall–Kier alpha value is -3.34. The molecule has 4 aromatic rings. The molecule has 5 rings (SSSR count). The number of halogens is 2. The zero-order valence-corrected chi connectivity index (χ0v) is 27.0. The number of benzene rings is 2. The number of Topliss-reactive ketones (excluding diaryl/α,β-unsaturated/α-hetero) is 2. The highest BCUT2D eigenvalue weighted by molar-refractivity contribution is 7.16. The van der Waals surface area contributed by atoms with Crippen molar-refractivity contribution in [2.24, 2.45) is 4.99 Å². The molecule has 0 aliphatic carbocycles. The molecule has 7 nitrogen and oxygen atoms in total. The summed E-state index contributed by atoms with van der Waals surface area (Å²) >= 11 is 14.6. The van der Waals surface area contributed by atoms with Crippen molar-refractivity contribution in [1.82, 2.24) is 5.32 Å². The van der Waals surface area contributed by atoms with E-state index in [-0.39, 0.29) is 42.3 Å². The van der Waals surface area contributed by atoms with Gasteiger partial charge in [-0.2, -0.15) is 0 Å². The van der Waals surface area contributed by atoms with Crippen LogP contribution in [0.4, 0.5) is 0 Å². The van der Waals surface area contributed by atoms with E-state index in [2.05, 4.69) is 10.3 Å². The summed E-state index contributed by atoms with van der Waals surface area (Å²) < 4.78 is 5.54. The van der Waals surface area contributed by atoms with Gasteiger partial charge in [0.2, 0.25) is 0 Å². The Balaban J connectivity index is 1.12. The number of rotatable bonds is 12. The van der Waals surface area contributed by atoms with Gasteiger partial charge in [-0.1, -0.05) is 41.4 Å². The van der Waals surface area contributed by atoms with Crippen LogP contribution in [-0.2, 0) is 11.2 Å². The molecule has 2 aromatic heterocycles. The molecular weight excluding hydrogens is 639 g/mol. The fourth-order valence-corrected chi connectivity index (χ4v) is 6.96. The summed E-state index contributed by atoms with van der Waals surface area (Å²) in [6.45, 7) is 2.89. The van der Waals surface area contributed by atoms with Crippen molar-refractivity contribution >= 4 is 69.1 Å². The Kier molecular flexibility index (Phi) is 10.7. The molecule has 1 unspecified atom stereocenters. The molecule has 0 spiro atoms. The molecule has 2 aromatic carbocycles. The molecule has 44 heavy (non-hydrogen) atoms. The number of hydrogen-bond donors (Lipinski definition) is 2. The summed E-state index contributed by atoms with van der Waals surface area (Å²) in [6.07, 6.45) is 2.89. The topological polar surface area (TPSA) is 105 Å². The quantitative estimate of drug-likeness (QED) is 0.118. The lowest BCUT2D eigenvalue weighted by Gasteiger charge is -2.11. The minimum absolute atomic E-state index is 0.0508. The number of aliphatic imine (C=N–C) groups is 1. The van der Waals surface area contributed by atoms with Gasteiger partial charge in [0.05, 0.1) is 30.8 Å². The van der Waals surface area contributed by atoms with Crippen molar-refractivity contribution in [2.45, 2.75) is 38.7 Å². The zero-order valence-electron chi connectivity index (χ0n) is 23.9. The maximum absolute atomic E-state index is 12.9. The second-order valence-corrected chi connectivity index (χ2v) is 13.2. The number of nitrogens with one attached hydrogen (secondary N) is 1. The third-order valence-electron chi connectivity index (χ3n) is 7.32. The van der Waals surface area contributed by atoms with Gasteiger partial charge in [-0.15, -0.1) is 22.7 Å². The van der Waals surface area contributed by atoms with Crippen LogP contribution in [0.1, 0.15) is 67.0 Å². The van der Waals surface area contributed by atoms with Crippen molar-refractivity contribution in [1.29, 1.82) is 0 Å². The summed E-state index contributed by atoms with van der Waals surface area (Å²) in [5, 5.41) is 16.3. The van der Waals surface area contributed by atoms with Crippen LogP contribution in [0.5, 0.6) is 5.75 Å². The molecule has 228 valence electrons. The fourth-order valence-electron chi connectivity index (χ4n) is 4.76. The van der Waals surface area contributed by atoms with Crippen LogP contribution in [0.2, 0.25) is 10.0 Å². The van der Waals surface area contributed by atoms with Crippen molar-refractivity contribution in [3.63, 3.8) is 0 Å². The lowest BCUT2D eigenvalue weighted by molar-refractivity contribution is 0.0857. The smallest absolute Gasteiger partial charge is 0.251 e. The number of nitrogens with zero attached hydrogens (tertiary/aromatic N) is 1. The number of aromatic hydroxyl groups is 1. The summed E-state index contributed by atoms with van der Waals surface area (Å²) in [4.78, 5) is 44.1. The number of carbonyl (C=O) groups excluding carboxylic acids is 3. The van der Waals surface area contributed by atoms with Gasteiger partial charge >= 0.3 is 0 Å². The van der Waals surface area contributed by atoms with Crippen LogP contribution in [0.25, 0.3) is 10.4 Å². The molecule has 1 aliphatic heterocycles. The lowest BCUT2D eigenvalue weighted by Crippen LogP contribution is -2.31. The molecule has 0 bridgehead atoms. The largest absolute Gasteiger partial charge is 0.506 e. The Labute approximate surface area is 273 Å². The van der Waals surface area contributed by atoms with Crippen molar-refractivity contribution in [3.8, 4) is 16.2 Å². The standard InChI is InChI=1S/C33H30Cl2N2O5S2/c1-19(24-18-43-32(31(24)40)22-9-10-25(34)26(35)15-22)36-17-28(39)30-13-12-29(44-30)27(38)11-6-20-4-7-21(8-5-20)33(41)37-16-23-3-2-14-42-23/h4-5,7-10,12-13,15,18,23,40H,2-3,6,11,14,16-17H2,1H3,(H,37,41). The second kappa shape index (κ2) is 14.6. The van der Waals surface area contributed by atoms with Gasteiger partial charge in [0, 0.05) is 41.8 Å². The van der Waals surface area contributed by atoms with Gasteiger partial charge in [0.15, 0.2) is 11.6 Å². The number of aryl methyl sites for hydroxylation is 1. The Morgan fingerprint density at radius 2 is 1.77 bits per heavy atom. The Morgan fingerprint density at radius 3 is 2.48 bits per heavy atom. The van der Waals surface area contributed by atoms with E-state index in [1.165, 1.54) is 11.3 Å². The first-order valence-corrected chi connectivity index (χ1v) is 16.6. The summed E-state index contributed by atoms with van der Waals surface area (Å²) in [6, 6.07) is 15.7. The average Bonchev–Trinajstić information content (AvgIpc) is 3.81. The van der Waals surface area contributed by atoms with Crippen LogP contribution < -0.4 is 5.32 Å². The normalized spacial score (nSPS) is 15.0. The second-order valence-electron chi connectivity index (χ2n) is 10.4. The van der Waals surface area contributed by atoms with E-state index in [9.17, 15) is 19.5 Å². The number of thiophene rings is 2. The van der Waals surface area contributed by atoms with E-state index in [1.54, 1.807) is 54.8 Å². The van der Waals surface area contributed by atoms with E-state index >= 15 is 0 Å². The SMILES string of the molecule is CC(=NCC(=O)c1ccc(C(=O)CCc2ccc(C(=O)NCC3CCCO3)cc2)s1)c1csc(-c2ccc(Cl)c(Cl)c2)c1O. The third-order valence-corrected chi connectivity index (χ3v) is 10.2. The first-order valence-electron chi connectivity index (χ1n) is 14.1. The number of ketones is 2. The van der Waals surface area contributed by atoms with Gasteiger partial charge in [-0.25, -0.2) is 0 Å². The van der Waals surface area contributed by atoms with E-state index in [0.717, 1.165) is 41.9 Å². The van der Waals surface area contributed by atoms with E-state index in [4.69, 9.17) is 27.9 Å². The molecule has 11 heteroatoms. The van der Waals surface area contributed by atoms with E-state index < -0.39 is 0 Å². The number of carbonyl (C=O) groups is 3. The van der Waals surface area contributed by atoms with Crippen LogP contribution in [0.15, 0.2) is 65.0 Å². The molecule has 0 radical (unpaired) electrons. The molecule has 2 N–H and O–H groups in total. The molecule has 1 atom stereocenters. The van der Waals surface area contributed by atoms with Crippen LogP contribution in [0.3, 0.4) is 0 Å². The zero-order chi connectivity index (χ0) is 31.2.